The van der Waals surface area contributed by atoms with Crippen molar-refractivity contribution in [1.82, 2.24) is 5.16 Å². The Morgan fingerprint density at radius 3 is 2.56 bits per heavy atom. The number of aromatic nitrogens is 1. The molecular formula is C13H15NO2. The first-order valence-electron chi connectivity index (χ1n) is 5.27. The molecule has 3 heteroatoms. The van der Waals surface area contributed by atoms with Gasteiger partial charge in [-0.25, -0.2) is 0 Å². The molecule has 3 nitrogen and oxygen atoms in total. The van der Waals surface area contributed by atoms with E-state index in [4.69, 9.17) is 4.52 Å². The van der Waals surface area contributed by atoms with E-state index in [-0.39, 0.29) is 6.61 Å². The molecule has 0 aliphatic rings. The van der Waals surface area contributed by atoms with Crippen molar-refractivity contribution < 1.29 is 9.63 Å². The van der Waals surface area contributed by atoms with Gasteiger partial charge >= 0.3 is 0 Å². The maximum atomic E-state index is 9.27. The lowest BCUT2D eigenvalue weighted by Crippen LogP contribution is -1.89. The van der Waals surface area contributed by atoms with Crippen LogP contribution in [0.2, 0.25) is 0 Å². The number of benzene rings is 1. The summed E-state index contributed by atoms with van der Waals surface area (Å²) in [7, 11) is 0. The van der Waals surface area contributed by atoms with Crippen LogP contribution in [0.15, 0.2) is 22.7 Å². The van der Waals surface area contributed by atoms with E-state index >= 15 is 0 Å². The highest BCUT2D eigenvalue weighted by atomic mass is 16.5. The minimum Gasteiger partial charge on any atom is -0.391 e. The second-order valence-corrected chi connectivity index (χ2v) is 4.02. The molecule has 0 fully saturated rings. The molecule has 0 unspecified atom stereocenters. The van der Waals surface area contributed by atoms with Crippen molar-refractivity contribution in [3.63, 3.8) is 0 Å². The zero-order valence-corrected chi connectivity index (χ0v) is 9.74. The van der Waals surface area contributed by atoms with Crippen LogP contribution in [0, 0.1) is 20.8 Å². The average Bonchev–Trinajstić information content (AvgIpc) is 2.63. The lowest BCUT2D eigenvalue weighted by molar-refractivity contribution is 0.278. The maximum Gasteiger partial charge on any atom is 0.139 e. The molecule has 2 aromatic rings. The Hall–Kier alpha value is -1.61. The Balaban J connectivity index is 2.54. The van der Waals surface area contributed by atoms with Crippen LogP contribution in [0.4, 0.5) is 0 Å². The van der Waals surface area contributed by atoms with E-state index in [2.05, 4.69) is 31.1 Å². The molecule has 0 bridgehead atoms. The van der Waals surface area contributed by atoms with E-state index in [0.29, 0.717) is 5.76 Å². The molecule has 84 valence electrons. The summed E-state index contributed by atoms with van der Waals surface area (Å²) < 4.78 is 5.10. The third kappa shape index (κ3) is 1.74. The number of aryl methyl sites for hydroxylation is 3. The van der Waals surface area contributed by atoms with Crippen molar-refractivity contribution in [2.45, 2.75) is 27.4 Å². The molecule has 1 heterocycles. The number of aliphatic hydroxyl groups is 1. The molecule has 0 spiro atoms. The molecular weight excluding hydrogens is 202 g/mol. The summed E-state index contributed by atoms with van der Waals surface area (Å²) in [5, 5.41) is 13.3. The second kappa shape index (κ2) is 4.10. The predicted octanol–water partition coefficient (Wildman–Crippen LogP) is 2.76. The standard InChI is InChI=1S/C13H15NO2/c1-8-4-5-11(6-9(8)2)13-12(7-15)10(3)16-14-13/h4-6,15H,7H2,1-3H3. The quantitative estimate of drug-likeness (QED) is 0.841. The minimum atomic E-state index is -0.0441. The van der Waals surface area contributed by atoms with Gasteiger partial charge in [0.05, 0.1) is 6.61 Å². The predicted molar refractivity (Wildman–Crippen MR) is 62.1 cm³/mol. The third-order valence-corrected chi connectivity index (χ3v) is 2.92. The van der Waals surface area contributed by atoms with Gasteiger partial charge in [-0.3, -0.25) is 0 Å². The van der Waals surface area contributed by atoms with Crippen molar-refractivity contribution in [1.29, 1.82) is 0 Å². The molecule has 0 aliphatic heterocycles. The molecule has 2 rings (SSSR count). The number of aliphatic hydroxyl groups excluding tert-OH is 1. The summed E-state index contributed by atoms with van der Waals surface area (Å²) in [5.41, 5.74) is 4.95. The molecule has 16 heavy (non-hydrogen) atoms. The Labute approximate surface area is 94.7 Å². The van der Waals surface area contributed by atoms with Crippen molar-refractivity contribution in [3.8, 4) is 11.3 Å². The molecule has 0 saturated heterocycles. The largest absolute Gasteiger partial charge is 0.391 e. The van der Waals surface area contributed by atoms with Gasteiger partial charge in [-0.05, 0) is 38.0 Å². The first-order valence-corrected chi connectivity index (χ1v) is 5.27. The van der Waals surface area contributed by atoms with Crippen LogP contribution in [0.25, 0.3) is 11.3 Å². The SMILES string of the molecule is Cc1ccc(-c2noc(C)c2CO)cc1C. The second-order valence-electron chi connectivity index (χ2n) is 4.02. The van der Waals surface area contributed by atoms with Crippen LogP contribution >= 0.6 is 0 Å². The third-order valence-electron chi connectivity index (χ3n) is 2.92. The van der Waals surface area contributed by atoms with Gasteiger partial charge in [-0.1, -0.05) is 17.3 Å². The van der Waals surface area contributed by atoms with Gasteiger partial charge in [0, 0.05) is 11.1 Å². The number of nitrogens with zero attached hydrogens (tertiary/aromatic N) is 1. The van der Waals surface area contributed by atoms with E-state index in [9.17, 15) is 5.11 Å². The van der Waals surface area contributed by atoms with Crippen LogP contribution in [0.1, 0.15) is 22.5 Å². The van der Waals surface area contributed by atoms with E-state index in [1.54, 1.807) is 0 Å². The molecule has 1 aromatic heterocycles. The zero-order valence-electron chi connectivity index (χ0n) is 9.74. The molecule has 1 aromatic carbocycles. The van der Waals surface area contributed by atoms with Gasteiger partial charge in [0.1, 0.15) is 11.5 Å². The summed E-state index contributed by atoms with van der Waals surface area (Å²) in [4.78, 5) is 0. The van der Waals surface area contributed by atoms with Crippen LogP contribution in [-0.4, -0.2) is 10.3 Å². The van der Waals surface area contributed by atoms with E-state index in [0.717, 1.165) is 16.8 Å². The highest BCUT2D eigenvalue weighted by Crippen LogP contribution is 2.26. The van der Waals surface area contributed by atoms with Gasteiger partial charge in [-0.15, -0.1) is 0 Å². The molecule has 0 amide bonds. The number of rotatable bonds is 2. The molecule has 0 atom stereocenters. The smallest absolute Gasteiger partial charge is 0.139 e. The van der Waals surface area contributed by atoms with Gasteiger partial charge in [0.15, 0.2) is 0 Å². The first-order chi connectivity index (χ1) is 7.63. The summed E-state index contributed by atoms with van der Waals surface area (Å²) in [5.74, 6) is 0.677. The summed E-state index contributed by atoms with van der Waals surface area (Å²) in [6.07, 6.45) is 0. The Kier molecular flexibility index (Phi) is 2.79. The fourth-order valence-corrected chi connectivity index (χ4v) is 1.69. The topological polar surface area (TPSA) is 46.3 Å². The molecule has 0 saturated carbocycles. The van der Waals surface area contributed by atoms with Crippen LogP contribution in [0.3, 0.4) is 0 Å². The highest BCUT2D eigenvalue weighted by molar-refractivity contribution is 5.64. The van der Waals surface area contributed by atoms with Gasteiger partial charge in [-0.2, -0.15) is 0 Å². The van der Waals surface area contributed by atoms with Crippen molar-refractivity contribution >= 4 is 0 Å². The fourth-order valence-electron chi connectivity index (χ4n) is 1.69. The van der Waals surface area contributed by atoms with Crippen molar-refractivity contribution in [2.24, 2.45) is 0 Å². The molecule has 1 N–H and O–H groups in total. The Morgan fingerprint density at radius 1 is 1.19 bits per heavy atom. The Bertz CT molecular complexity index is 515. The molecule has 0 radical (unpaired) electrons. The monoisotopic (exact) mass is 217 g/mol. The van der Waals surface area contributed by atoms with Crippen molar-refractivity contribution in [2.75, 3.05) is 0 Å². The van der Waals surface area contributed by atoms with E-state index in [1.165, 1.54) is 11.1 Å². The number of hydrogen-bond acceptors (Lipinski definition) is 3. The lowest BCUT2D eigenvalue weighted by atomic mass is 10.0. The first kappa shape index (κ1) is 10.9. The Morgan fingerprint density at radius 2 is 1.94 bits per heavy atom. The van der Waals surface area contributed by atoms with Gasteiger partial charge < -0.3 is 9.63 Å². The fraction of sp³-hybridized carbons (Fsp3) is 0.308. The van der Waals surface area contributed by atoms with Crippen LogP contribution < -0.4 is 0 Å². The number of hydrogen-bond donors (Lipinski definition) is 1. The van der Waals surface area contributed by atoms with E-state index < -0.39 is 0 Å². The van der Waals surface area contributed by atoms with E-state index in [1.807, 2.05) is 13.0 Å². The highest BCUT2D eigenvalue weighted by Gasteiger charge is 2.13. The normalized spacial score (nSPS) is 10.8. The summed E-state index contributed by atoms with van der Waals surface area (Å²) in [6.45, 7) is 5.89. The van der Waals surface area contributed by atoms with Crippen molar-refractivity contribution in [3.05, 3.63) is 40.6 Å². The average molecular weight is 217 g/mol. The lowest BCUT2D eigenvalue weighted by Gasteiger charge is -2.03. The zero-order chi connectivity index (χ0) is 11.7. The summed E-state index contributed by atoms with van der Waals surface area (Å²) in [6, 6.07) is 6.11. The maximum absolute atomic E-state index is 9.27. The summed E-state index contributed by atoms with van der Waals surface area (Å²) >= 11 is 0. The van der Waals surface area contributed by atoms with Gasteiger partial charge in [0.2, 0.25) is 0 Å². The van der Waals surface area contributed by atoms with Gasteiger partial charge in [0.25, 0.3) is 0 Å². The van der Waals surface area contributed by atoms with Crippen LogP contribution in [0.5, 0.6) is 0 Å². The van der Waals surface area contributed by atoms with Crippen LogP contribution in [-0.2, 0) is 6.61 Å². The molecule has 0 aliphatic carbocycles. The minimum absolute atomic E-state index is 0.0441.